The highest BCUT2D eigenvalue weighted by Crippen LogP contribution is 2.63. The smallest absolute Gasteiger partial charge is 0.0726 e. The average Bonchev–Trinajstić information content (AvgIpc) is 4.06. The lowest BCUT2D eigenvalue weighted by molar-refractivity contribution is 0.793. The Morgan fingerprint density at radius 3 is 1.45 bits per heavy atom. The molecular formula is C67H41NS. The first kappa shape index (κ1) is 38.5. The van der Waals surface area contributed by atoms with Crippen molar-refractivity contribution < 1.29 is 0 Å². The maximum atomic E-state index is 2.52. The van der Waals surface area contributed by atoms with Crippen molar-refractivity contribution in [1.29, 1.82) is 0 Å². The molecule has 0 fully saturated rings. The highest BCUT2D eigenvalue weighted by Gasteiger charge is 2.51. The molecule has 0 aliphatic heterocycles. The number of benzene rings is 12. The van der Waals surface area contributed by atoms with Gasteiger partial charge < -0.3 is 4.90 Å². The molecule has 15 rings (SSSR count). The highest BCUT2D eigenvalue weighted by atomic mass is 32.1. The molecule has 2 aliphatic rings. The van der Waals surface area contributed by atoms with Crippen LogP contribution in [0.15, 0.2) is 249 Å². The van der Waals surface area contributed by atoms with Gasteiger partial charge in [-0.2, -0.15) is 0 Å². The van der Waals surface area contributed by atoms with Gasteiger partial charge in [0.15, 0.2) is 0 Å². The van der Waals surface area contributed by atoms with Crippen molar-refractivity contribution in [3.63, 3.8) is 0 Å². The second kappa shape index (κ2) is 14.7. The van der Waals surface area contributed by atoms with Crippen molar-refractivity contribution in [3.05, 3.63) is 271 Å². The monoisotopic (exact) mass is 891 g/mol. The van der Waals surface area contributed by atoms with E-state index >= 15 is 0 Å². The van der Waals surface area contributed by atoms with Gasteiger partial charge in [0.1, 0.15) is 0 Å². The Balaban J connectivity index is 0.949. The van der Waals surface area contributed by atoms with Gasteiger partial charge in [-0.1, -0.05) is 206 Å². The van der Waals surface area contributed by atoms with Crippen LogP contribution in [-0.2, 0) is 5.41 Å². The maximum Gasteiger partial charge on any atom is 0.0726 e. The summed E-state index contributed by atoms with van der Waals surface area (Å²) in [7, 11) is 0. The zero-order valence-electron chi connectivity index (χ0n) is 37.5. The topological polar surface area (TPSA) is 3.24 Å². The molecule has 12 aromatic carbocycles. The lowest BCUT2D eigenvalue weighted by Gasteiger charge is -2.32. The van der Waals surface area contributed by atoms with E-state index in [1.165, 1.54) is 119 Å². The fourth-order valence-corrected chi connectivity index (χ4v) is 13.7. The molecule has 0 atom stereocenters. The minimum Gasteiger partial charge on any atom is -0.310 e. The molecule has 1 aromatic heterocycles. The first-order valence-electron chi connectivity index (χ1n) is 23.9. The minimum absolute atomic E-state index is 0.461. The van der Waals surface area contributed by atoms with Gasteiger partial charge >= 0.3 is 0 Å². The van der Waals surface area contributed by atoms with E-state index in [4.69, 9.17) is 0 Å². The van der Waals surface area contributed by atoms with Crippen molar-refractivity contribution in [2.24, 2.45) is 0 Å². The van der Waals surface area contributed by atoms with Crippen molar-refractivity contribution in [2.75, 3.05) is 4.90 Å². The van der Waals surface area contributed by atoms with Crippen molar-refractivity contribution in [1.82, 2.24) is 0 Å². The number of hydrogen-bond donors (Lipinski definition) is 0. The van der Waals surface area contributed by atoms with Gasteiger partial charge in [-0.15, -0.1) is 11.3 Å². The molecule has 0 saturated heterocycles. The Morgan fingerprint density at radius 1 is 0.290 bits per heavy atom. The van der Waals surface area contributed by atoms with E-state index in [0.717, 1.165) is 17.1 Å². The van der Waals surface area contributed by atoms with E-state index in [1.807, 2.05) is 11.3 Å². The Hall–Kier alpha value is -8.56. The van der Waals surface area contributed by atoms with Crippen LogP contribution in [0.1, 0.15) is 22.3 Å². The first-order chi connectivity index (χ1) is 34.2. The predicted molar refractivity (Wildman–Crippen MR) is 294 cm³/mol. The fraction of sp³-hybridized carbons (Fsp3) is 0.0149. The molecule has 1 spiro atoms. The molecule has 69 heavy (non-hydrogen) atoms. The molecule has 1 heterocycles. The molecule has 0 radical (unpaired) electrons. The van der Waals surface area contributed by atoms with E-state index in [2.05, 4.69) is 254 Å². The summed E-state index contributed by atoms with van der Waals surface area (Å²) in [6, 6.07) is 93.1. The lowest BCUT2D eigenvalue weighted by Crippen LogP contribution is -2.26. The minimum atomic E-state index is -0.461. The third-order valence-electron chi connectivity index (χ3n) is 15.3. The largest absolute Gasteiger partial charge is 0.310 e. The number of fused-ring (bicyclic) bond motifs is 19. The van der Waals surface area contributed by atoms with Crippen LogP contribution in [0.5, 0.6) is 0 Å². The van der Waals surface area contributed by atoms with Gasteiger partial charge in [0.25, 0.3) is 0 Å². The molecule has 320 valence electrons. The second-order valence-corrected chi connectivity index (χ2v) is 19.7. The van der Waals surface area contributed by atoms with Crippen LogP contribution >= 0.6 is 11.3 Å². The number of hydrogen-bond acceptors (Lipinski definition) is 2. The van der Waals surface area contributed by atoms with Gasteiger partial charge in [-0.05, 0) is 136 Å². The third kappa shape index (κ3) is 5.41. The summed E-state index contributed by atoms with van der Waals surface area (Å²) in [4.78, 5) is 2.52. The summed E-state index contributed by atoms with van der Waals surface area (Å²) in [5.74, 6) is 0. The second-order valence-electron chi connectivity index (χ2n) is 18.7. The first-order valence-corrected chi connectivity index (χ1v) is 24.7. The third-order valence-corrected chi connectivity index (χ3v) is 16.5. The predicted octanol–water partition coefficient (Wildman–Crippen LogP) is 18.7. The average molecular weight is 892 g/mol. The molecule has 0 unspecified atom stereocenters. The Bertz CT molecular complexity index is 4160. The van der Waals surface area contributed by atoms with Gasteiger partial charge in [-0.25, -0.2) is 0 Å². The molecule has 2 aliphatic carbocycles. The molecule has 13 aromatic rings. The number of rotatable bonds is 5. The van der Waals surface area contributed by atoms with Crippen LogP contribution in [0.2, 0.25) is 0 Å². The van der Waals surface area contributed by atoms with Crippen molar-refractivity contribution in [3.8, 4) is 44.5 Å². The zero-order valence-corrected chi connectivity index (χ0v) is 38.3. The summed E-state index contributed by atoms with van der Waals surface area (Å²) < 4.78 is 2.66. The summed E-state index contributed by atoms with van der Waals surface area (Å²) in [6.45, 7) is 0. The quantitative estimate of drug-likeness (QED) is 0.156. The molecule has 0 bridgehead atoms. The van der Waals surface area contributed by atoms with Crippen LogP contribution in [0.25, 0.3) is 97.0 Å². The summed E-state index contributed by atoms with van der Waals surface area (Å²) in [5, 5.41) is 10.2. The SMILES string of the molecule is c1cc(-c2ccc(N(c3ccc4c(c3)C3(c5ccccc5-c5ccccc53)c3ccccc3-4)c3cccc4c5ccccc5c5ccccc5c34)cc2)cc(-c2cccc3c2sc2ccccc23)c1. The molecule has 0 saturated carbocycles. The molecule has 2 heteroatoms. The lowest BCUT2D eigenvalue weighted by atomic mass is 9.70. The molecular weight excluding hydrogens is 851 g/mol. The van der Waals surface area contributed by atoms with Gasteiger partial charge in [0, 0.05) is 36.9 Å². The van der Waals surface area contributed by atoms with Crippen LogP contribution < -0.4 is 4.90 Å². The van der Waals surface area contributed by atoms with Crippen molar-refractivity contribution in [2.45, 2.75) is 5.41 Å². The van der Waals surface area contributed by atoms with Crippen LogP contribution in [-0.4, -0.2) is 0 Å². The van der Waals surface area contributed by atoms with Crippen molar-refractivity contribution >= 4 is 80.9 Å². The maximum absolute atomic E-state index is 2.52. The zero-order chi connectivity index (χ0) is 45.2. The summed E-state index contributed by atoms with van der Waals surface area (Å²) >= 11 is 1.89. The standard InChI is InChI=1S/C67H41NS/c1-2-19-50-48(18-1)49-20-3-4-25-56(49)65-57(50)27-15-32-63(65)68(45-36-34-42(35-37-45)43-16-13-17-44(40-43)47-26-14-28-58-55-24-8-12-33-64(55)69-66(47)58)46-38-39-54-53-23-7-11-31-61(53)67(62(54)41-46)59-29-9-5-21-51(59)52-22-6-10-30-60(52)67/h1-41H. The van der Waals surface area contributed by atoms with E-state index in [-0.39, 0.29) is 0 Å². The van der Waals surface area contributed by atoms with E-state index in [0.29, 0.717) is 0 Å². The van der Waals surface area contributed by atoms with Gasteiger partial charge in [0.2, 0.25) is 0 Å². The summed E-state index contributed by atoms with van der Waals surface area (Å²) in [6.07, 6.45) is 0. The van der Waals surface area contributed by atoms with Crippen LogP contribution in [0, 0.1) is 0 Å². The van der Waals surface area contributed by atoms with Gasteiger partial charge in [-0.3, -0.25) is 0 Å². The van der Waals surface area contributed by atoms with Crippen LogP contribution in [0.3, 0.4) is 0 Å². The van der Waals surface area contributed by atoms with E-state index in [9.17, 15) is 0 Å². The van der Waals surface area contributed by atoms with E-state index in [1.54, 1.807) is 0 Å². The highest BCUT2D eigenvalue weighted by molar-refractivity contribution is 7.26. The Morgan fingerprint density at radius 2 is 0.768 bits per heavy atom. The van der Waals surface area contributed by atoms with Gasteiger partial charge in [0.05, 0.1) is 11.1 Å². The molecule has 0 amide bonds. The van der Waals surface area contributed by atoms with Crippen LogP contribution in [0.4, 0.5) is 17.1 Å². The Labute approximate surface area is 404 Å². The fourth-order valence-electron chi connectivity index (χ4n) is 12.4. The van der Waals surface area contributed by atoms with E-state index < -0.39 is 5.41 Å². The number of nitrogens with zero attached hydrogens (tertiary/aromatic N) is 1. The number of thiophene rings is 1. The Kier molecular flexibility index (Phi) is 8.22. The molecule has 1 nitrogen and oxygen atoms in total. The normalized spacial score (nSPS) is 13.0. The summed E-state index contributed by atoms with van der Waals surface area (Å²) in [5.41, 5.74) is 18.4. The molecule has 0 N–H and O–H groups in total. The number of anilines is 3.